The molecule has 0 aliphatic heterocycles. The zero-order chi connectivity index (χ0) is 22.4. The van der Waals surface area contributed by atoms with E-state index in [1.54, 1.807) is 24.3 Å². The molecule has 2 amide bonds. The number of amides is 2. The predicted octanol–water partition coefficient (Wildman–Crippen LogP) is 6.66. The van der Waals surface area contributed by atoms with Gasteiger partial charge >= 0.3 is 0 Å². The molecule has 1 unspecified atom stereocenters. The van der Waals surface area contributed by atoms with Crippen molar-refractivity contribution in [1.29, 1.82) is 0 Å². The van der Waals surface area contributed by atoms with Gasteiger partial charge in [-0.15, -0.1) is 11.8 Å². The van der Waals surface area contributed by atoms with E-state index in [-0.39, 0.29) is 17.5 Å². The van der Waals surface area contributed by atoms with Crippen LogP contribution in [0.5, 0.6) is 0 Å². The summed E-state index contributed by atoms with van der Waals surface area (Å²) in [6.07, 6.45) is 0.564. The minimum absolute atomic E-state index is 0.145. The molecule has 0 heterocycles. The second-order valence-electron chi connectivity index (χ2n) is 6.98. The molecule has 0 fully saturated rings. The third kappa shape index (κ3) is 6.42. The average molecular weight is 501 g/mol. The van der Waals surface area contributed by atoms with E-state index in [0.29, 0.717) is 22.1 Å². The fourth-order valence-corrected chi connectivity index (χ4v) is 4.19. The highest BCUT2D eigenvalue weighted by Crippen LogP contribution is 2.29. The van der Waals surface area contributed by atoms with E-state index in [0.717, 1.165) is 10.5 Å². The van der Waals surface area contributed by atoms with Crippen molar-refractivity contribution in [1.82, 2.24) is 0 Å². The topological polar surface area (TPSA) is 58.2 Å². The van der Waals surface area contributed by atoms with Crippen molar-refractivity contribution in [3.63, 3.8) is 0 Å². The Balaban J connectivity index is 1.67. The van der Waals surface area contributed by atoms with Crippen molar-refractivity contribution in [3.05, 3.63) is 88.1 Å². The third-order valence-corrected chi connectivity index (χ3v) is 6.39. The van der Waals surface area contributed by atoms with Crippen molar-refractivity contribution >= 4 is 50.9 Å². The first kappa shape index (κ1) is 23.0. The van der Waals surface area contributed by atoms with Gasteiger partial charge in [-0.3, -0.25) is 9.59 Å². The molecule has 3 rings (SSSR count). The number of carbonyl (C=O) groups is 2. The SMILES string of the molecule is CCC(Sc1cccc(NC(=O)c2ccc(C)cc2)c1)C(=O)Nc1ccc(Br)cc1F. The van der Waals surface area contributed by atoms with Gasteiger partial charge < -0.3 is 10.6 Å². The Morgan fingerprint density at radius 2 is 1.77 bits per heavy atom. The molecule has 0 saturated heterocycles. The second-order valence-corrected chi connectivity index (χ2v) is 9.17. The van der Waals surface area contributed by atoms with E-state index in [1.807, 2.05) is 44.2 Å². The highest BCUT2D eigenvalue weighted by Gasteiger charge is 2.19. The number of carbonyl (C=O) groups excluding carboxylic acids is 2. The number of hydrogen-bond donors (Lipinski definition) is 2. The Kier molecular flexibility index (Phi) is 7.87. The number of benzene rings is 3. The molecule has 0 aromatic heterocycles. The first-order valence-electron chi connectivity index (χ1n) is 9.76. The van der Waals surface area contributed by atoms with Gasteiger partial charge in [-0.1, -0.05) is 46.6 Å². The summed E-state index contributed by atoms with van der Waals surface area (Å²) in [7, 11) is 0. The number of halogens is 2. The fourth-order valence-electron chi connectivity index (χ4n) is 2.85. The van der Waals surface area contributed by atoms with E-state index in [2.05, 4.69) is 26.6 Å². The van der Waals surface area contributed by atoms with Gasteiger partial charge in [-0.2, -0.15) is 0 Å². The molecule has 31 heavy (non-hydrogen) atoms. The molecule has 0 saturated carbocycles. The molecular weight excluding hydrogens is 479 g/mol. The van der Waals surface area contributed by atoms with Crippen LogP contribution in [0.3, 0.4) is 0 Å². The maximum atomic E-state index is 14.0. The third-order valence-electron chi connectivity index (χ3n) is 4.54. The van der Waals surface area contributed by atoms with E-state index >= 15 is 0 Å². The normalized spacial score (nSPS) is 11.6. The van der Waals surface area contributed by atoms with Crippen LogP contribution in [0.1, 0.15) is 29.3 Å². The zero-order valence-electron chi connectivity index (χ0n) is 17.1. The van der Waals surface area contributed by atoms with Crippen molar-refractivity contribution in [2.45, 2.75) is 30.4 Å². The fraction of sp³-hybridized carbons (Fsp3) is 0.167. The van der Waals surface area contributed by atoms with E-state index in [9.17, 15) is 14.0 Å². The summed E-state index contributed by atoms with van der Waals surface area (Å²) in [4.78, 5) is 26.0. The quantitative estimate of drug-likeness (QED) is 0.356. The average Bonchev–Trinajstić information content (AvgIpc) is 2.74. The van der Waals surface area contributed by atoms with Crippen LogP contribution in [0.15, 0.2) is 76.1 Å². The Hall–Kier alpha value is -2.64. The molecule has 4 nitrogen and oxygen atoms in total. The molecule has 2 N–H and O–H groups in total. The summed E-state index contributed by atoms with van der Waals surface area (Å²) >= 11 is 4.57. The molecular formula is C24H22BrFN2O2S. The molecule has 0 bridgehead atoms. The maximum Gasteiger partial charge on any atom is 0.255 e. The van der Waals surface area contributed by atoms with E-state index in [1.165, 1.54) is 23.9 Å². The van der Waals surface area contributed by atoms with Crippen molar-refractivity contribution in [2.24, 2.45) is 0 Å². The lowest BCUT2D eigenvalue weighted by Crippen LogP contribution is -2.25. The number of hydrogen-bond acceptors (Lipinski definition) is 3. The van der Waals surface area contributed by atoms with Crippen molar-refractivity contribution in [2.75, 3.05) is 10.6 Å². The molecule has 0 spiro atoms. The summed E-state index contributed by atoms with van der Waals surface area (Å²) < 4.78 is 14.7. The monoisotopic (exact) mass is 500 g/mol. The number of nitrogens with one attached hydrogen (secondary N) is 2. The van der Waals surface area contributed by atoms with Gasteiger partial charge in [0.05, 0.1) is 10.9 Å². The lowest BCUT2D eigenvalue weighted by atomic mass is 10.1. The standard InChI is InChI=1S/C24H22BrFN2O2S/c1-3-22(24(30)28-21-12-11-17(25)13-20(21)26)31-19-6-4-5-18(14-19)27-23(29)16-9-7-15(2)8-10-16/h4-14,22H,3H2,1-2H3,(H,27,29)(H,28,30). The molecule has 1 atom stereocenters. The number of aryl methyl sites for hydroxylation is 1. The minimum atomic E-state index is -0.497. The van der Waals surface area contributed by atoms with Crippen LogP contribution < -0.4 is 10.6 Å². The predicted molar refractivity (Wildman–Crippen MR) is 128 cm³/mol. The van der Waals surface area contributed by atoms with Gasteiger partial charge in [-0.25, -0.2) is 4.39 Å². The lowest BCUT2D eigenvalue weighted by molar-refractivity contribution is -0.115. The Morgan fingerprint density at radius 1 is 1.03 bits per heavy atom. The minimum Gasteiger partial charge on any atom is -0.323 e. The molecule has 3 aromatic rings. The van der Waals surface area contributed by atoms with Gasteiger partial charge in [-0.05, 0) is 61.9 Å². The zero-order valence-corrected chi connectivity index (χ0v) is 19.5. The molecule has 0 radical (unpaired) electrons. The Labute approximate surface area is 193 Å². The van der Waals surface area contributed by atoms with Gasteiger partial charge in [0.2, 0.25) is 5.91 Å². The number of anilines is 2. The Bertz CT molecular complexity index is 1090. The van der Waals surface area contributed by atoms with Gasteiger partial charge in [0.25, 0.3) is 5.91 Å². The lowest BCUT2D eigenvalue weighted by Gasteiger charge is -2.16. The molecule has 0 aliphatic rings. The van der Waals surface area contributed by atoms with Crippen LogP contribution in [-0.2, 0) is 4.79 Å². The smallest absolute Gasteiger partial charge is 0.255 e. The highest BCUT2D eigenvalue weighted by molar-refractivity contribution is 9.10. The Morgan fingerprint density at radius 3 is 2.45 bits per heavy atom. The van der Waals surface area contributed by atoms with Crippen LogP contribution in [0, 0.1) is 12.7 Å². The van der Waals surface area contributed by atoms with Gasteiger partial charge in [0.1, 0.15) is 5.82 Å². The largest absolute Gasteiger partial charge is 0.323 e. The summed E-state index contributed by atoms with van der Waals surface area (Å²) in [5.74, 6) is -0.969. The van der Waals surface area contributed by atoms with Crippen LogP contribution in [-0.4, -0.2) is 17.1 Å². The molecule has 0 aliphatic carbocycles. The van der Waals surface area contributed by atoms with Crippen LogP contribution in [0.4, 0.5) is 15.8 Å². The van der Waals surface area contributed by atoms with E-state index in [4.69, 9.17) is 0 Å². The maximum absolute atomic E-state index is 14.0. The number of rotatable bonds is 7. The second kappa shape index (κ2) is 10.6. The first-order valence-corrected chi connectivity index (χ1v) is 11.4. The van der Waals surface area contributed by atoms with E-state index < -0.39 is 11.1 Å². The number of thioether (sulfide) groups is 1. The first-order chi connectivity index (χ1) is 14.9. The van der Waals surface area contributed by atoms with Crippen molar-refractivity contribution in [3.8, 4) is 0 Å². The molecule has 3 aromatic carbocycles. The van der Waals surface area contributed by atoms with Gasteiger partial charge in [0, 0.05) is 20.6 Å². The molecule has 7 heteroatoms. The summed E-state index contributed by atoms with van der Waals surface area (Å²) in [5, 5.41) is 5.13. The van der Waals surface area contributed by atoms with Crippen LogP contribution in [0.25, 0.3) is 0 Å². The summed E-state index contributed by atoms with van der Waals surface area (Å²) in [5.41, 5.74) is 2.45. The summed E-state index contributed by atoms with van der Waals surface area (Å²) in [6, 6.07) is 19.2. The highest BCUT2D eigenvalue weighted by atomic mass is 79.9. The van der Waals surface area contributed by atoms with Crippen LogP contribution in [0.2, 0.25) is 0 Å². The van der Waals surface area contributed by atoms with Gasteiger partial charge in [0.15, 0.2) is 0 Å². The van der Waals surface area contributed by atoms with Crippen LogP contribution >= 0.6 is 27.7 Å². The molecule has 160 valence electrons. The van der Waals surface area contributed by atoms with Crippen molar-refractivity contribution < 1.29 is 14.0 Å². The summed E-state index contributed by atoms with van der Waals surface area (Å²) in [6.45, 7) is 3.87.